The van der Waals surface area contributed by atoms with E-state index in [1.807, 2.05) is 6.92 Å². The second-order valence-electron chi connectivity index (χ2n) is 6.61. The Morgan fingerprint density at radius 3 is 2.56 bits per heavy atom. The lowest BCUT2D eigenvalue weighted by atomic mass is 10.0. The van der Waals surface area contributed by atoms with Gasteiger partial charge >= 0.3 is 0 Å². The van der Waals surface area contributed by atoms with Crippen LogP contribution in [0.15, 0.2) is 24.3 Å². The third-order valence-corrected chi connectivity index (χ3v) is 4.24. The molecular weight excluding hydrogens is 318 g/mol. The Bertz CT molecular complexity index is 589. The van der Waals surface area contributed by atoms with Crippen molar-refractivity contribution in [2.45, 2.75) is 39.7 Å². The molecule has 3 atom stereocenters. The predicted octanol–water partition coefficient (Wildman–Crippen LogP) is 1.74. The minimum absolute atomic E-state index is 0.0132. The number of amides is 2. The van der Waals surface area contributed by atoms with Crippen molar-refractivity contribution in [3.8, 4) is 0 Å². The normalized spacial score (nSPS) is 14.2. The van der Waals surface area contributed by atoms with Crippen LogP contribution in [0.2, 0.25) is 0 Å². The summed E-state index contributed by atoms with van der Waals surface area (Å²) in [6, 6.07) is 6.14. The largest absolute Gasteiger partial charge is 0.356 e. The SMILES string of the molecule is CCC(C)CNC(=O)C(C)CC(N)CNC(=O)c1cccc(C=O)c1. The van der Waals surface area contributed by atoms with Crippen LogP contribution in [-0.2, 0) is 4.79 Å². The van der Waals surface area contributed by atoms with Crippen molar-refractivity contribution < 1.29 is 14.4 Å². The molecule has 0 aromatic heterocycles. The Hall–Kier alpha value is -2.21. The van der Waals surface area contributed by atoms with E-state index in [-0.39, 0.29) is 30.3 Å². The van der Waals surface area contributed by atoms with Crippen LogP contribution in [0.3, 0.4) is 0 Å². The van der Waals surface area contributed by atoms with Crippen LogP contribution in [-0.4, -0.2) is 37.2 Å². The minimum atomic E-state index is -0.317. The molecule has 3 unspecified atom stereocenters. The Balaban J connectivity index is 2.40. The maximum Gasteiger partial charge on any atom is 0.251 e. The quantitative estimate of drug-likeness (QED) is 0.561. The highest BCUT2D eigenvalue weighted by atomic mass is 16.2. The molecule has 25 heavy (non-hydrogen) atoms. The summed E-state index contributed by atoms with van der Waals surface area (Å²) < 4.78 is 0. The molecule has 1 rings (SSSR count). The van der Waals surface area contributed by atoms with Crippen molar-refractivity contribution in [2.24, 2.45) is 17.6 Å². The Kier molecular flexibility index (Phi) is 8.84. The van der Waals surface area contributed by atoms with Crippen LogP contribution in [0, 0.1) is 11.8 Å². The van der Waals surface area contributed by atoms with E-state index in [0.717, 1.165) is 6.42 Å². The monoisotopic (exact) mass is 347 g/mol. The molecule has 0 heterocycles. The molecule has 0 fully saturated rings. The van der Waals surface area contributed by atoms with E-state index in [1.165, 1.54) is 6.07 Å². The van der Waals surface area contributed by atoms with Crippen LogP contribution in [0.25, 0.3) is 0 Å². The van der Waals surface area contributed by atoms with E-state index >= 15 is 0 Å². The summed E-state index contributed by atoms with van der Waals surface area (Å²) in [6.45, 7) is 6.95. The second-order valence-corrected chi connectivity index (χ2v) is 6.61. The highest BCUT2D eigenvalue weighted by Gasteiger charge is 2.17. The molecule has 0 aliphatic carbocycles. The zero-order valence-corrected chi connectivity index (χ0v) is 15.2. The molecule has 6 nitrogen and oxygen atoms in total. The zero-order valence-electron chi connectivity index (χ0n) is 15.2. The molecule has 6 heteroatoms. The first-order valence-electron chi connectivity index (χ1n) is 8.74. The van der Waals surface area contributed by atoms with Gasteiger partial charge in [-0.15, -0.1) is 0 Å². The first-order chi connectivity index (χ1) is 11.9. The molecule has 1 aromatic carbocycles. The number of hydrogen-bond acceptors (Lipinski definition) is 4. The van der Waals surface area contributed by atoms with Gasteiger partial charge in [-0.05, 0) is 24.5 Å². The van der Waals surface area contributed by atoms with Crippen molar-refractivity contribution in [3.05, 3.63) is 35.4 Å². The summed E-state index contributed by atoms with van der Waals surface area (Å²) in [5.41, 5.74) is 6.89. The Morgan fingerprint density at radius 1 is 1.20 bits per heavy atom. The highest BCUT2D eigenvalue weighted by Crippen LogP contribution is 2.07. The van der Waals surface area contributed by atoms with Gasteiger partial charge in [0, 0.05) is 36.2 Å². The molecule has 0 aliphatic heterocycles. The van der Waals surface area contributed by atoms with Gasteiger partial charge in [0.15, 0.2) is 0 Å². The van der Waals surface area contributed by atoms with Crippen LogP contribution in [0.4, 0.5) is 0 Å². The molecule has 1 aromatic rings. The number of carbonyl (C=O) groups is 3. The van der Waals surface area contributed by atoms with Crippen molar-refractivity contribution in [1.29, 1.82) is 0 Å². The first kappa shape index (κ1) is 20.8. The maximum absolute atomic E-state index is 12.1. The number of rotatable bonds is 10. The van der Waals surface area contributed by atoms with Crippen molar-refractivity contribution in [3.63, 3.8) is 0 Å². The lowest BCUT2D eigenvalue weighted by Crippen LogP contribution is -2.41. The van der Waals surface area contributed by atoms with Crippen LogP contribution < -0.4 is 16.4 Å². The van der Waals surface area contributed by atoms with Crippen molar-refractivity contribution in [1.82, 2.24) is 10.6 Å². The van der Waals surface area contributed by atoms with Gasteiger partial charge in [0.25, 0.3) is 5.91 Å². The average molecular weight is 347 g/mol. The topological polar surface area (TPSA) is 101 Å². The third-order valence-electron chi connectivity index (χ3n) is 4.24. The van der Waals surface area contributed by atoms with Gasteiger partial charge in [-0.1, -0.05) is 39.3 Å². The van der Waals surface area contributed by atoms with E-state index in [9.17, 15) is 14.4 Å². The molecule has 2 amide bonds. The van der Waals surface area contributed by atoms with Gasteiger partial charge in [0.05, 0.1) is 0 Å². The molecular formula is C19H29N3O3. The smallest absolute Gasteiger partial charge is 0.251 e. The summed E-state index contributed by atoms with van der Waals surface area (Å²) in [5, 5.41) is 5.67. The third kappa shape index (κ3) is 7.47. The fourth-order valence-electron chi connectivity index (χ4n) is 2.32. The number of aldehydes is 1. The number of nitrogens with two attached hydrogens (primary N) is 1. The van der Waals surface area contributed by atoms with E-state index in [0.29, 0.717) is 36.3 Å². The second kappa shape index (κ2) is 10.6. The van der Waals surface area contributed by atoms with E-state index in [4.69, 9.17) is 5.73 Å². The summed E-state index contributed by atoms with van der Waals surface area (Å²) in [5.74, 6) is -0.0608. The molecule has 0 bridgehead atoms. The van der Waals surface area contributed by atoms with Gasteiger partial charge in [0.2, 0.25) is 5.91 Å². The fourth-order valence-corrected chi connectivity index (χ4v) is 2.32. The molecule has 138 valence electrons. The minimum Gasteiger partial charge on any atom is -0.356 e. The fraction of sp³-hybridized carbons (Fsp3) is 0.526. The summed E-state index contributed by atoms with van der Waals surface area (Å²) in [7, 11) is 0. The van der Waals surface area contributed by atoms with Gasteiger partial charge in [-0.25, -0.2) is 0 Å². The lowest BCUT2D eigenvalue weighted by molar-refractivity contribution is -0.124. The van der Waals surface area contributed by atoms with Crippen molar-refractivity contribution in [2.75, 3.05) is 13.1 Å². The molecule has 0 saturated carbocycles. The Morgan fingerprint density at radius 2 is 1.92 bits per heavy atom. The first-order valence-corrected chi connectivity index (χ1v) is 8.74. The van der Waals surface area contributed by atoms with Gasteiger partial charge in [0.1, 0.15) is 6.29 Å². The standard InChI is InChI=1S/C19H29N3O3/c1-4-13(2)10-21-18(24)14(3)8-17(20)11-22-19(25)16-7-5-6-15(9-16)12-23/h5-7,9,12-14,17H,4,8,10-11,20H2,1-3H3,(H,21,24)(H,22,25). The summed E-state index contributed by atoms with van der Waals surface area (Å²) >= 11 is 0. The van der Waals surface area contributed by atoms with E-state index in [1.54, 1.807) is 18.2 Å². The van der Waals surface area contributed by atoms with E-state index < -0.39 is 0 Å². The number of benzene rings is 1. The molecule has 0 saturated heterocycles. The number of carbonyl (C=O) groups excluding carboxylic acids is 3. The summed E-state index contributed by atoms with van der Waals surface area (Å²) in [6.07, 6.45) is 2.20. The zero-order chi connectivity index (χ0) is 18.8. The molecule has 0 aliphatic rings. The molecule has 4 N–H and O–H groups in total. The van der Waals surface area contributed by atoms with Crippen molar-refractivity contribution >= 4 is 18.1 Å². The van der Waals surface area contributed by atoms with Crippen LogP contribution in [0.1, 0.15) is 54.3 Å². The van der Waals surface area contributed by atoms with Gasteiger partial charge in [-0.3, -0.25) is 14.4 Å². The number of nitrogens with one attached hydrogen (secondary N) is 2. The van der Waals surface area contributed by atoms with Gasteiger partial charge in [-0.2, -0.15) is 0 Å². The maximum atomic E-state index is 12.1. The van der Waals surface area contributed by atoms with Crippen LogP contribution in [0.5, 0.6) is 0 Å². The summed E-state index contributed by atoms with van der Waals surface area (Å²) in [4.78, 5) is 34.9. The Labute approximate surface area is 149 Å². The van der Waals surface area contributed by atoms with Gasteiger partial charge < -0.3 is 16.4 Å². The van der Waals surface area contributed by atoms with E-state index in [2.05, 4.69) is 24.5 Å². The highest BCUT2D eigenvalue weighted by molar-refractivity contribution is 5.95. The number of hydrogen-bond donors (Lipinski definition) is 3. The van der Waals surface area contributed by atoms with Crippen LogP contribution >= 0.6 is 0 Å². The molecule has 0 radical (unpaired) electrons. The predicted molar refractivity (Wildman–Crippen MR) is 98.4 cm³/mol. The lowest BCUT2D eigenvalue weighted by Gasteiger charge is -2.19. The molecule has 0 spiro atoms. The average Bonchev–Trinajstić information content (AvgIpc) is 2.63.